The molecule has 4 atom stereocenters. The summed E-state index contributed by atoms with van der Waals surface area (Å²) in [6.07, 6.45) is 6.27. The maximum absolute atomic E-state index is 10.2. The van der Waals surface area contributed by atoms with Gasteiger partial charge < -0.3 is 14.9 Å². The zero-order valence-electron chi connectivity index (χ0n) is 12.7. The number of aliphatic hydroxyl groups is 2. The molecule has 0 amide bonds. The van der Waals surface area contributed by atoms with Crippen LogP contribution >= 0.6 is 0 Å². The molecule has 2 rings (SSSR count). The van der Waals surface area contributed by atoms with Gasteiger partial charge in [-0.05, 0) is 63.2 Å². The van der Waals surface area contributed by atoms with Crippen molar-refractivity contribution < 1.29 is 14.9 Å². The minimum absolute atomic E-state index is 0.0971. The van der Waals surface area contributed by atoms with Crippen LogP contribution in [0.25, 0.3) is 0 Å². The molecule has 2 N–H and O–H groups in total. The maximum Gasteiger partial charge on any atom is 0.0613 e. The summed E-state index contributed by atoms with van der Waals surface area (Å²) in [5.41, 5.74) is -0.366. The van der Waals surface area contributed by atoms with Gasteiger partial charge in [-0.3, -0.25) is 0 Å². The first-order valence-electron chi connectivity index (χ1n) is 7.81. The molecule has 0 spiro atoms. The number of ether oxygens (including phenoxy) is 1. The minimum atomic E-state index is -0.636. The Bertz CT molecular complexity index is 297. The van der Waals surface area contributed by atoms with Crippen molar-refractivity contribution in [3.05, 3.63) is 0 Å². The molecule has 0 saturated heterocycles. The lowest BCUT2D eigenvalue weighted by Crippen LogP contribution is -2.41. The van der Waals surface area contributed by atoms with Crippen molar-refractivity contribution in [2.24, 2.45) is 17.3 Å². The van der Waals surface area contributed by atoms with Crippen LogP contribution in [0.5, 0.6) is 0 Å². The average molecular weight is 270 g/mol. The quantitative estimate of drug-likeness (QED) is 0.755. The third-order valence-corrected chi connectivity index (χ3v) is 5.46. The van der Waals surface area contributed by atoms with E-state index in [-0.39, 0.29) is 11.5 Å². The fourth-order valence-electron chi connectivity index (χ4n) is 4.08. The van der Waals surface area contributed by atoms with Crippen LogP contribution in [-0.2, 0) is 4.74 Å². The second kappa shape index (κ2) is 5.71. The van der Waals surface area contributed by atoms with E-state index in [1.807, 2.05) is 13.8 Å². The first-order chi connectivity index (χ1) is 8.83. The van der Waals surface area contributed by atoms with E-state index in [0.29, 0.717) is 24.9 Å². The molecule has 2 aliphatic rings. The molecule has 0 aromatic carbocycles. The molecular weight excluding hydrogens is 240 g/mol. The summed E-state index contributed by atoms with van der Waals surface area (Å²) in [5, 5.41) is 19.8. The molecule has 0 heterocycles. The van der Waals surface area contributed by atoms with Gasteiger partial charge in [0.1, 0.15) is 0 Å². The lowest BCUT2D eigenvalue weighted by molar-refractivity contribution is -0.0428. The highest BCUT2D eigenvalue weighted by Crippen LogP contribution is 2.55. The van der Waals surface area contributed by atoms with E-state index in [0.717, 1.165) is 25.9 Å². The molecule has 112 valence electrons. The summed E-state index contributed by atoms with van der Waals surface area (Å²) >= 11 is 0. The van der Waals surface area contributed by atoms with Crippen LogP contribution in [0.4, 0.5) is 0 Å². The van der Waals surface area contributed by atoms with Gasteiger partial charge in [-0.2, -0.15) is 0 Å². The number of hydrogen-bond donors (Lipinski definition) is 2. The van der Waals surface area contributed by atoms with Gasteiger partial charge in [-0.25, -0.2) is 0 Å². The Morgan fingerprint density at radius 2 is 2.00 bits per heavy atom. The maximum atomic E-state index is 10.2. The molecule has 0 aromatic rings. The molecule has 0 aromatic heterocycles. The largest absolute Gasteiger partial charge is 0.393 e. The molecule has 2 fully saturated rings. The highest BCUT2D eigenvalue weighted by molar-refractivity contribution is 5.00. The van der Waals surface area contributed by atoms with Gasteiger partial charge >= 0.3 is 0 Å². The lowest BCUT2D eigenvalue weighted by atomic mass is 9.64. The zero-order chi connectivity index (χ0) is 14.1. The molecule has 2 saturated carbocycles. The van der Waals surface area contributed by atoms with Crippen molar-refractivity contribution in [3.63, 3.8) is 0 Å². The number of aliphatic hydroxyl groups excluding tert-OH is 1. The van der Waals surface area contributed by atoms with Crippen molar-refractivity contribution in [2.75, 3.05) is 13.2 Å². The third-order valence-electron chi connectivity index (χ3n) is 5.46. The van der Waals surface area contributed by atoms with Gasteiger partial charge in [0, 0.05) is 13.2 Å². The fourth-order valence-corrected chi connectivity index (χ4v) is 4.08. The second-order valence-electron chi connectivity index (χ2n) is 7.48. The van der Waals surface area contributed by atoms with Crippen LogP contribution in [0.1, 0.15) is 59.3 Å². The predicted molar refractivity (Wildman–Crippen MR) is 75.9 cm³/mol. The fraction of sp³-hybridized carbons (Fsp3) is 1.00. The lowest BCUT2D eigenvalue weighted by Gasteiger charge is -2.43. The topological polar surface area (TPSA) is 49.7 Å². The van der Waals surface area contributed by atoms with E-state index in [9.17, 15) is 10.2 Å². The van der Waals surface area contributed by atoms with Crippen molar-refractivity contribution in [3.8, 4) is 0 Å². The molecule has 3 nitrogen and oxygen atoms in total. The van der Waals surface area contributed by atoms with Crippen molar-refractivity contribution in [1.82, 2.24) is 0 Å². The molecule has 3 heteroatoms. The van der Waals surface area contributed by atoms with Gasteiger partial charge in [-0.1, -0.05) is 13.3 Å². The molecular formula is C16H30O3. The smallest absolute Gasteiger partial charge is 0.0613 e. The van der Waals surface area contributed by atoms with Gasteiger partial charge in [0.15, 0.2) is 0 Å². The highest BCUT2D eigenvalue weighted by atomic mass is 16.5. The monoisotopic (exact) mass is 270 g/mol. The SMILES string of the molecule is CC(C)(O)CCOC[C@H]1CCC2C(O)CCCC21C. The summed E-state index contributed by atoms with van der Waals surface area (Å²) in [5.74, 6) is 1.05. The van der Waals surface area contributed by atoms with Crippen LogP contribution in [0.3, 0.4) is 0 Å². The van der Waals surface area contributed by atoms with Crippen LogP contribution in [-0.4, -0.2) is 35.1 Å². The zero-order valence-corrected chi connectivity index (χ0v) is 12.7. The second-order valence-corrected chi connectivity index (χ2v) is 7.48. The predicted octanol–water partition coefficient (Wildman–Crippen LogP) is 2.74. The Morgan fingerprint density at radius 1 is 1.26 bits per heavy atom. The van der Waals surface area contributed by atoms with Crippen LogP contribution in [0.2, 0.25) is 0 Å². The Morgan fingerprint density at radius 3 is 2.68 bits per heavy atom. The standard InChI is InChI=1S/C16H30O3/c1-15(2,18)9-10-19-11-12-6-7-13-14(17)5-4-8-16(12,13)3/h12-14,17-18H,4-11H2,1-3H3/t12-,13?,14?,16?/m1/s1. The molecule has 3 unspecified atom stereocenters. The number of rotatable bonds is 5. The van der Waals surface area contributed by atoms with Crippen molar-refractivity contribution in [2.45, 2.75) is 71.0 Å². The Hall–Kier alpha value is -0.120. The van der Waals surface area contributed by atoms with E-state index in [2.05, 4.69) is 6.92 Å². The first-order valence-corrected chi connectivity index (χ1v) is 7.81. The van der Waals surface area contributed by atoms with E-state index in [4.69, 9.17) is 4.74 Å². The van der Waals surface area contributed by atoms with Crippen LogP contribution < -0.4 is 0 Å². The van der Waals surface area contributed by atoms with Crippen molar-refractivity contribution in [1.29, 1.82) is 0 Å². The summed E-state index contributed by atoms with van der Waals surface area (Å²) in [6.45, 7) is 7.40. The van der Waals surface area contributed by atoms with E-state index in [1.54, 1.807) is 0 Å². The van der Waals surface area contributed by atoms with Crippen LogP contribution in [0, 0.1) is 17.3 Å². The number of fused-ring (bicyclic) bond motifs is 1. The van der Waals surface area contributed by atoms with E-state index < -0.39 is 5.60 Å². The highest BCUT2D eigenvalue weighted by Gasteiger charge is 2.50. The summed E-state index contributed by atoms with van der Waals surface area (Å²) in [6, 6.07) is 0. The van der Waals surface area contributed by atoms with Gasteiger partial charge in [0.25, 0.3) is 0 Å². The minimum Gasteiger partial charge on any atom is -0.393 e. The summed E-state index contributed by atoms with van der Waals surface area (Å²) < 4.78 is 5.80. The van der Waals surface area contributed by atoms with Crippen LogP contribution in [0.15, 0.2) is 0 Å². The normalized spacial score (nSPS) is 39.3. The Balaban J connectivity index is 1.81. The summed E-state index contributed by atoms with van der Waals surface area (Å²) in [7, 11) is 0. The first kappa shape index (κ1) is 15.3. The Kier molecular flexibility index (Phi) is 4.59. The Labute approximate surface area is 117 Å². The van der Waals surface area contributed by atoms with Gasteiger partial charge in [-0.15, -0.1) is 0 Å². The molecule has 0 bridgehead atoms. The van der Waals surface area contributed by atoms with Crippen molar-refractivity contribution >= 4 is 0 Å². The van der Waals surface area contributed by atoms with E-state index in [1.165, 1.54) is 12.8 Å². The molecule has 0 aliphatic heterocycles. The van der Waals surface area contributed by atoms with E-state index >= 15 is 0 Å². The average Bonchev–Trinajstić information content (AvgIpc) is 2.62. The number of hydrogen-bond acceptors (Lipinski definition) is 3. The van der Waals surface area contributed by atoms with Gasteiger partial charge in [0.05, 0.1) is 11.7 Å². The molecule has 0 radical (unpaired) electrons. The molecule has 19 heavy (non-hydrogen) atoms. The van der Waals surface area contributed by atoms with Gasteiger partial charge in [0.2, 0.25) is 0 Å². The molecule has 2 aliphatic carbocycles. The summed E-state index contributed by atoms with van der Waals surface area (Å²) in [4.78, 5) is 0. The third kappa shape index (κ3) is 3.50.